The van der Waals surface area contributed by atoms with Gasteiger partial charge in [0, 0.05) is 5.92 Å². The van der Waals surface area contributed by atoms with Crippen molar-refractivity contribution < 1.29 is 0 Å². The Morgan fingerprint density at radius 1 is 1.12 bits per heavy atom. The second kappa shape index (κ2) is 4.24. The molecule has 5 heteroatoms. The first-order valence-electron chi connectivity index (χ1n) is 5.75. The van der Waals surface area contributed by atoms with E-state index in [4.69, 9.17) is 0 Å². The summed E-state index contributed by atoms with van der Waals surface area (Å²) in [6.07, 6.45) is 1.47. The molecule has 0 fully saturated rings. The largest absolute Gasteiger partial charge is 0.310 e. The van der Waals surface area contributed by atoms with Crippen LogP contribution in [0.25, 0.3) is 11.0 Å². The molecule has 17 heavy (non-hydrogen) atoms. The fourth-order valence-electron chi connectivity index (χ4n) is 1.72. The highest BCUT2D eigenvalue weighted by Gasteiger charge is 2.14. The fourth-order valence-corrected chi connectivity index (χ4v) is 1.72. The van der Waals surface area contributed by atoms with E-state index in [-0.39, 0.29) is 17.4 Å². The van der Waals surface area contributed by atoms with Crippen molar-refractivity contribution in [1.29, 1.82) is 0 Å². The number of H-pyrrole nitrogens is 1. The minimum Gasteiger partial charge on any atom is -0.310 e. The van der Waals surface area contributed by atoms with E-state index < -0.39 is 0 Å². The molecular weight excluding hydrogens is 216 g/mol. The Balaban J connectivity index is 2.81. The van der Waals surface area contributed by atoms with Crippen LogP contribution in [0.4, 0.5) is 0 Å². The first kappa shape index (κ1) is 11.7. The van der Waals surface area contributed by atoms with Crippen LogP contribution >= 0.6 is 0 Å². The van der Waals surface area contributed by atoms with Crippen molar-refractivity contribution in [3.63, 3.8) is 0 Å². The number of nitrogens with one attached hydrogen (secondary N) is 1. The lowest BCUT2D eigenvalue weighted by Crippen LogP contribution is -2.16. The van der Waals surface area contributed by atoms with Gasteiger partial charge < -0.3 is 4.98 Å². The van der Waals surface area contributed by atoms with Crippen molar-refractivity contribution in [3.8, 4) is 0 Å². The molecule has 0 amide bonds. The van der Waals surface area contributed by atoms with Crippen LogP contribution in [0.2, 0.25) is 0 Å². The molecule has 0 saturated carbocycles. The number of fused-ring (bicyclic) bond motifs is 1. The number of hydrogen-bond donors (Lipinski definition) is 1. The molecule has 0 bridgehead atoms. The topological polar surface area (TPSA) is 71.5 Å². The summed E-state index contributed by atoms with van der Waals surface area (Å²) in [5.74, 6) is 1.01. The van der Waals surface area contributed by atoms with E-state index in [1.54, 1.807) is 0 Å². The summed E-state index contributed by atoms with van der Waals surface area (Å²) in [5.41, 5.74) is 1.08. The molecular formula is C12H16N4O. The van der Waals surface area contributed by atoms with Gasteiger partial charge in [0.15, 0.2) is 5.65 Å². The SMILES string of the molecule is CC(C)c1nc2ncnc(C(C)C)c2c(=O)[nH]1. The van der Waals surface area contributed by atoms with E-state index in [1.165, 1.54) is 6.33 Å². The maximum absolute atomic E-state index is 12.1. The first-order valence-corrected chi connectivity index (χ1v) is 5.75. The molecule has 1 N–H and O–H groups in total. The predicted octanol–water partition coefficient (Wildman–Crippen LogP) is 1.96. The fraction of sp³-hybridized carbons (Fsp3) is 0.500. The predicted molar refractivity (Wildman–Crippen MR) is 66.1 cm³/mol. The second-order valence-corrected chi connectivity index (χ2v) is 4.72. The zero-order valence-electron chi connectivity index (χ0n) is 10.5. The van der Waals surface area contributed by atoms with Gasteiger partial charge >= 0.3 is 0 Å². The highest BCUT2D eigenvalue weighted by atomic mass is 16.1. The molecule has 90 valence electrons. The van der Waals surface area contributed by atoms with Crippen molar-refractivity contribution in [1.82, 2.24) is 19.9 Å². The zero-order valence-corrected chi connectivity index (χ0v) is 10.5. The van der Waals surface area contributed by atoms with Crippen LogP contribution in [0.5, 0.6) is 0 Å². The Hall–Kier alpha value is -1.78. The van der Waals surface area contributed by atoms with E-state index >= 15 is 0 Å². The van der Waals surface area contributed by atoms with Gasteiger partial charge in [-0.1, -0.05) is 27.7 Å². The number of aromatic nitrogens is 4. The molecule has 0 unspecified atom stereocenters. The lowest BCUT2D eigenvalue weighted by molar-refractivity contribution is 0.767. The minimum absolute atomic E-state index is 0.150. The minimum atomic E-state index is -0.150. The van der Waals surface area contributed by atoms with Crippen LogP contribution in [-0.2, 0) is 0 Å². The molecule has 5 nitrogen and oxygen atoms in total. The van der Waals surface area contributed by atoms with Gasteiger partial charge in [-0.05, 0) is 5.92 Å². The molecule has 0 aliphatic rings. The summed E-state index contributed by atoms with van der Waals surface area (Å²) in [6.45, 7) is 7.96. The Labute approximate surface area is 99.3 Å². The third-order valence-electron chi connectivity index (χ3n) is 2.65. The number of aromatic amines is 1. The average Bonchev–Trinajstić information content (AvgIpc) is 2.27. The quantitative estimate of drug-likeness (QED) is 0.859. The summed E-state index contributed by atoms with van der Waals surface area (Å²) in [7, 11) is 0. The lowest BCUT2D eigenvalue weighted by atomic mass is 10.1. The van der Waals surface area contributed by atoms with Gasteiger partial charge in [-0.3, -0.25) is 4.79 Å². The van der Waals surface area contributed by atoms with Crippen LogP contribution in [0, 0.1) is 0 Å². The summed E-state index contributed by atoms with van der Waals surface area (Å²) in [6, 6.07) is 0. The van der Waals surface area contributed by atoms with E-state index in [9.17, 15) is 4.79 Å². The summed E-state index contributed by atoms with van der Waals surface area (Å²) in [5, 5.41) is 0.506. The number of hydrogen-bond acceptors (Lipinski definition) is 4. The molecule has 2 rings (SSSR count). The van der Waals surface area contributed by atoms with Gasteiger partial charge in [0.2, 0.25) is 0 Å². The zero-order chi connectivity index (χ0) is 12.6. The average molecular weight is 232 g/mol. The van der Waals surface area contributed by atoms with E-state index in [2.05, 4.69) is 19.9 Å². The highest BCUT2D eigenvalue weighted by Crippen LogP contribution is 2.18. The Morgan fingerprint density at radius 2 is 1.82 bits per heavy atom. The molecule has 0 aliphatic heterocycles. The number of nitrogens with zero attached hydrogens (tertiary/aromatic N) is 3. The third kappa shape index (κ3) is 2.05. The second-order valence-electron chi connectivity index (χ2n) is 4.72. The highest BCUT2D eigenvalue weighted by molar-refractivity contribution is 5.76. The molecule has 2 aromatic rings. The summed E-state index contributed by atoms with van der Waals surface area (Å²) >= 11 is 0. The molecule has 0 spiro atoms. The molecule has 0 aliphatic carbocycles. The van der Waals surface area contributed by atoms with E-state index in [1.807, 2.05) is 27.7 Å². The van der Waals surface area contributed by atoms with Gasteiger partial charge in [-0.25, -0.2) is 15.0 Å². The van der Waals surface area contributed by atoms with Crippen LogP contribution in [0.1, 0.15) is 51.0 Å². The summed E-state index contributed by atoms with van der Waals surface area (Å²) in [4.78, 5) is 27.5. The van der Waals surface area contributed by atoms with Gasteiger partial charge in [-0.15, -0.1) is 0 Å². The van der Waals surface area contributed by atoms with Crippen molar-refractivity contribution in [2.24, 2.45) is 0 Å². The monoisotopic (exact) mass is 232 g/mol. The first-order chi connectivity index (χ1) is 8.00. The van der Waals surface area contributed by atoms with Gasteiger partial charge in [0.25, 0.3) is 5.56 Å². The third-order valence-corrected chi connectivity index (χ3v) is 2.65. The van der Waals surface area contributed by atoms with Gasteiger partial charge in [0.1, 0.15) is 17.5 Å². The molecule has 0 radical (unpaired) electrons. The lowest BCUT2D eigenvalue weighted by Gasteiger charge is -2.09. The maximum atomic E-state index is 12.1. The molecule has 0 saturated heterocycles. The molecule has 2 heterocycles. The van der Waals surface area contributed by atoms with Crippen molar-refractivity contribution in [2.75, 3.05) is 0 Å². The maximum Gasteiger partial charge on any atom is 0.262 e. The molecule has 2 aromatic heterocycles. The van der Waals surface area contributed by atoms with Crippen molar-refractivity contribution >= 4 is 11.0 Å². The Bertz CT molecular complexity index is 601. The summed E-state index contributed by atoms with van der Waals surface area (Å²) < 4.78 is 0. The normalized spacial score (nSPS) is 11.6. The van der Waals surface area contributed by atoms with Crippen molar-refractivity contribution in [3.05, 3.63) is 28.2 Å². The standard InChI is InChI=1S/C12H16N4O/c1-6(2)9-8-11(14-5-13-9)15-10(7(3)4)16-12(8)17/h5-7H,1-4H3,(H,13,14,15,16,17). The van der Waals surface area contributed by atoms with Gasteiger partial charge in [0.05, 0.1) is 5.69 Å². The van der Waals surface area contributed by atoms with Crippen molar-refractivity contribution in [2.45, 2.75) is 39.5 Å². The van der Waals surface area contributed by atoms with Crippen LogP contribution < -0.4 is 5.56 Å². The Morgan fingerprint density at radius 3 is 2.41 bits per heavy atom. The van der Waals surface area contributed by atoms with Gasteiger partial charge in [-0.2, -0.15) is 0 Å². The van der Waals surface area contributed by atoms with Crippen LogP contribution in [0.15, 0.2) is 11.1 Å². The van der Waals surface area contributed by atoms with Crippen LogP contribution in [-0.4, -0.2) is 19.9 Å². The Kier molecular flexibility index (Phi) is 2.92. The van der Waals surface area contributed by atoms with E-state index in [0.29, 0.717) is 16.9 Å². The van der Waals surface area contributed by atoms with Crippen LogP contribution in [0.3, 0.4) is 0 Å². The molecule has 0 atom stereocenters. The smallest absolute Gasteiger partial charge is 0.262 e. The number of rotatable bonds is 2. The molecule has 0 aromatic carbocycles. The van der Waals surface area contributed by atoms with E-state index in [0.717, 1.165) is 5.69 Å².